The molecule has 0 bridgehead atoms. The monoisotopic (exact) mass is 444 g/mol. The number of anilines is 1. The molecule has 3 aromatic rings. The second-order valence-electron chi connectivity index (χ2n) is 5.78. The molecule has 0 aliphatic rings. The molecule has 0 aliphatic heterocycles. The van der Waals surface area contributed by atoms with Crippen molar-refractivity contribution in [3.8, 4) is 23.5 Å². The van der Waals surface area contributed by atoms with E-state index < -0.39 is 0 Å². The highest BCUT2D eigenvalue weighted by molar-refractivity contribution is 7.80. The van der Waals surface area contributed by atoms with Gasteiger partial charge < -0.3 is 19.5 Å². The van der Waals surface area contributed by atoms with Gasteiger partial charge in [0.15, 0.2) is 5.11 Å². The minimum atomic E-state index is -0.340. The third-order valence-electron chi connectivity index (χ3n) is 3.73. The van der Waals surface area contributed by atoms with Gasteiger partial charge in [-0.2, -0.15) is 9.97 Å². The molecule has 10 heteroatoms. The zero-order chi connectivity index (χ0) is 21.5. The van der Waals surface area contributed by atoms with E-state index in [-0.39, 0.29) is 17.0 Å². The third kappa shape index (κ3) is 5.79. The van der Waals surface area contributed by atoms with Gasteiger partial charge in [-0.05, 0) is 60.7 Å². The highest BCUT2D eigenvalue weighted by Gasteiger charge is 2.10. The van der Waals surface area contributed by atoms with E-state index in [0.717, 1.165) is 0 Å². The van der Waals surface area contributed by atoms with E-state index in [1.807, 2.05) is 0 Å². The highest BCUT2D eigenvalue weighted by Crippen LogP contribution is 2.24. The average Bonchev–Trinajstić information content (AvgIpc) is 2.75. The molecule has 3 rings (SSSR count). The molecule has 0 aliphatic carbocycles. The molecule has 1 amide bonds. The number of benzene rings is 2. The molecule has 0 atom stereocenters. The van der Waals surface area contributed by atoms with Gasteiger partial charge in [0, 0.05) is 16.3 Å². The summed E-state index contributed by atoms with van der Waals surface area (Å²) in [5.41, 5.74) is 1.11. The lowest BCUT2D eigenvalue weighted by Crippen LogP contribution is -2.34. The maximum atomic E-state index is 12.2. The Labute approximate surface area is 183 Å². The number of amides is 1. The van der Waals surface area contributed by atoms with Crippen LogP contribution in [0.2, 0.25) is 5.02 Å². The SMILES string of the molecule is COc1cc(OC)nc(Oc2ccc(NC(=S)NC(=O)c3ccc(Cl)cc3)cc2)n1. The molecule has 0 radical (unpaired) electrons. The molecule has 0 unspecified atom stereocenters. The van der Waals surface area contributed by atoms with Crippen molar-refractivity contribution in [2.24, 2.45) is 0 Å². The predicted molar refractivity (Wildman–Crippen MR) is 117 cm³/mol. The maximum absolute atomic E-state index is 12.2. The van der Waals surface area contributed by atoms with Crippen LogP contribution < -0.4 is 24.8 Å². The fraction of sp³-hybridized carbons (Fsp3) is 0.100. The fourth-order valence-electron chi connectivity index (χ4n) is 2.29. The van der Waals surface area contributed by atoms with Gasteiger partial charge in [0.1, 0.15) is 5.75 Å². The number of hydrogen-bond donors (Lipinski definition) is 2. The summed E-state index contributed by atoms with van der Waals surface area (Å²) in [5, 5.41) is 6.24. The summed E-state index contributed by atoms with van der Waals surface area (Å²) in [6.07, 6.45) is 0. The van der Waals surface area contributed by atoms with E-state index in [1.54, 1.807) is 54.6 Å². The minimum Gasteiger partial charge on any atom is -0.481 e. The molecule has 0 saturated carbocycles. The lowest BCUT2D eigenvalue weighted by molar-refractivity contribution is 0.0977. The largest absolute Gasteiger partial charge is 0.481 e. The maximum Gasteiger partial charge on any atom is 0.328 e. The van der Waals surface area contributed by atoms with E-state index >= 15 is 0 Å². The van der Waals surface area contributed by atoms with Gasteiger partial charge >= 0.3 is 6.01 Å². The van der Waals surface area contributed by atoms with E-state index in [0.29, 0.717) is 33.8 Å². The van der Waals surface area contributed by atoms with Crippen molar-refractivity contribution in [2.75, 3.05) is 19.5 Å². The molecule has 154 valence electrons. The second kappa shape index (κ2) is 9.86. The van der Waals surface area contributed by atoms with E-state index in [2.05, 4.69) is 20.6 Å². The number of nitrogens with zero attached hydrogens (tertiary/aromatic N) is 2. The lowest BCUT2D eigenvalue weighted by atomic mass is 10.2. The molecular formula is C20H17ClN4O4S. The first-order valence-corrected chi connectivity index (χ1v) is 9.38. The standard InChI is InChI=1S/C20H17ClN4O4S/c1-27-16-11-17(28-2)24-19(23-16)29-15-9-7-14(8-10-15)22-20(30)25-18(26)12-3-5-13(21)6-4-12/h3-11H,1-2H3,(H2,22,25,26,30). The smallest absolute Gasteiger partial charge is 0.328 e. The zero-order valence-electron chi connectivity index (χ0n) is 16.0. The zero-order valence-corrected chi connectivity index (χ0v) is 17.6. The summed E-state index contributed by atoms with van der Waals surface area (Å²) in [7, 11) is 2.97. The van der Waals surface area contributed by atoms with Crippen molar-refractivity contribution >= 4 is 40.5 Å². The highest BCUT2D eigenvalue weighted by atomic mass is 35.5. The fourth-order valence-corrected chi connectivity index (χ4v) is 2.63. The Morgan fingerprint density at radius 1 is 0.967 bits per heavy atom. The van der Waals surface area contributed by atoms with Crippen LogP contribution in [-0.2, 0) is 0 Å². The van der Waals surface area contributed by atoms with Crippen molar-refractivity contribution < 1.29 is 19.0 Å². The van der Waals surface area contributed by atoms with E-state index in [9.17, 15) is 4.79 Å². The third-order valence-corrected chi connectivity index (χ3v) is 4.19. The van der Waals surface area contributed by atoms with Gasteiger partial charge in [0.25, 0.3) is 5.91 Å². The number of ether oxygens (including phenoxy) is 3. The number of rotatable bonds is 6. The Morgan fingerprint density at radius 3 is 2.13 bits per heavy atom. The summed E-state index contributed by atoms with van der Waals surface area (Å²) in [5.74, 6) is 0.786. The summed E-state index contributed by atoms with van der Waals surface area (Å²) in [6.45, 7) is 0. The number of carbonyl (C=O) groups excluding carboxylic acids is 1. The molecule has 2 N–H and O–H groups in total. The van der Waals surface area contributed by atoms with E-state index in [4.69, 9.17) is 38.0 Å². The van der Waals surface area contributed by atoms with E-state index in [1.165, 1.54) is 14.2 Å². The van der Waals surface area contributed by atoms with Crippen molar-refractivity contribution in [3.63, 3.8) is 0 Å². The molecular weight excluding hydrogens is 428 g/mol. The average molecular weight is 445 g/mol. The molecule has 1 aromatic heterocycles. The van der Waals surface area contributed by atoms with Crippen LogP contribution in [-0.4, -0.2) is 35.2 Å². The van der Waals surface area contributed by atoms with Gasteiger partial charge in [-0.25, -0.2) is 0 Å². The van der Waals surface area contributed by atoms with Crippen LogP contribution in [0.3, 0.4) is 0 Å². The first-order chi connectivity index (χ1) is 14.5. The Bertz CT molecular complexity index is 1020. The van der Waals surface area contributed by atoms with Crippen LogP contribution >= 0.6 is 23.8 Å². The van der Waals surface area contributed by atoms with Gasteiger partial charge in [-0.15, -0.1) is 0 Å². The summed E-state index contributed by atoms with van der Waals surface area (Å²) >= 11 is 11.0. The first kappa shape index (κ1) is 21.3. The molecule has 8 nitrogen and oxygen atoms in total. The molecule has 1 heterocycles. The number of hydrogen-bond acceptors (Lipinski definition) is 7. The van der Waals surface area contributed by atoms with Crippen LogP contribution in [0.5, 0.6) is 23.5 Å². The number of nitrogens with one attached hydrogen (secondary N) is 2. The van der Waals surface area contributed by atoms with Gasteiger partial charge in [-0.1, -0.05) is 11.6 Å². The number of carbonyl (C=O) groups is 1. The van der Waals surface area contributed by atoms with Crippen LogP contribution in [0.15, 0.2) is 54.6 Å². The van der Waals surface area contributed by atoms with Crippen LogP contribution in [0.1, 0.15) is 10.4 Å². The summed E-state index contributed by atoms with van der Waals surface area (Å²) < 4.78 is 15.8. The van der Waals surface area contributed by atoms with Gasteiger partial charge in [0.05, 0.1) is 20.3 Å². The molecule has 2 aromatic carbocycles. The summed E-state index contributed by atoms with van der Waals surface area (Å²) in [6, 6.07) is 15.0. The Kier molecular flexibility index (Phi) is 6.99. The molecule has 0 saturated heterocycles. The van der Waals surface area contributed by atoms with Crippen molar-refractivity contribution in [1.29, 1.82) is 0 Å². The van der Waals surface area contributed by atoms with Gasteiger partial charge in [0.2, 0.25) is 11.8 Å². The molecule has 0 spiro atoms. The molecule has 30 heavy (non-hydrogen) atoms. The van der Waals surface area contributed by atoms with Crippen molar-refractivity contribution in [3.05, 3.63) is 65.2 Å². The molecule has 0 fully saturated rings. The topological polar surface area (TPSA) is 94.6 Å². The number of aromatic nitrogens is 2. The number of methoxy groups -OCH3 is 2. The van der Waals surface area contributed by atoms with Crippen molar-refractivity contribution in [1.82, 2.24) is 15.3 Å². The first-order valence-electron chi connectivity index (χ1n) is 8.59. The van der Waals surface area contributed by atoms with Crippen molar-refractivity contribution in [2.45, 2.75) is 0 Å². The Morgan fingerprint density at radius 2 is 1.57 bits per heavy atom. The van der Waals surface area contributed by atoms with Gasteiger partial charge in [-0.3, -0.25) is 10.1 Å². The lowest BCUT2D eigenvalue weighted by Gasteiger charge is -2.11. The summed E-state index contributed by atoms with van der Waals surface area (Å²) in [4.78, 5) is 20.4. The second-order valence-corrected chi connectivity index (χ2v) is 6.62. The minimum absolute atomic E-state index is 0.0812. The predicted octanol–water partition coefficient (Wildman–Crippen LogP) is 4.07. The quantitative estimate of drug-likeness (QED) is 0.549. The van der Waals surface area contributed by atoms with Crippen LogP contribution in [0.4, 0.5) is 5.69 Å². The van der Waals surface area contributed by atoms with Crippen LogP contribution in [0.25, 0.3) is 0 Å². The van der Waals surface area contributed by atoms with Crippen LogP contribution in [0, 0.1) is 0 Å². The Hall–Kier alpha value is -3.43. The number of thiocarbonyl (C=S) groups is 1. The number of halogens is 1. The Balaban J connectivity index is 1.59. The normalized spacial score (nSPS) is 10.1.